The minimum Gasteiger partial charge on any atom is -0.312 e. The number of rotatable bonds is 3. The van der Waals surface area contributed by atoms with E-state index in [1.165, 1.54) is 0 Å². The molecule has 2 aromatic rings. The molecule has 2 heterocycles. The SMILES string of the molecule is Cn1nc2c(c1NC(=O)C1CC(=O)N(c3ccc(Cl)cc3)C1)CCC2. The molecule has 1 atom stereocenters. The van der Waals surface area contributed by atoms with Crippen molar-refractivity contribution in [2.45, 2.75) is 25.7 Å². The number of amides is 2. The van der Waals surface area contributed by atoms with Gasteiger partial charge in [0.25, 0.3) is 0 Å². The maximum atomic E-state index is 12.7. The topological polar surface area (TPSA) is 67.2 Å². The number of hydrogen-bond donors (Lipinski definition) is 1. The number of nitrogens with one attached hydrogen (secondary N) is 1. The van der Waals surface area contributed by atoms with Crippen molar-refractivity contribution >= 4 is 34.9 Å². The van der Waals surface area contributed by atoms with Crippen molar-refractivity contribution in [2.24, 2.45) is 13.0 Å². The molecular weight excluding hydrogens is 340 g/mol. The molecule has 4 rings (SSSR count). The van der Waals surface area contributed by atoms with E-state index in [1.54, 1.807) is 33.8 Å². The van der Waals surface area contributed by atoms with Gasteiger partial charge in [0.15, 0.2) is 0 Å². The van der Waals surface area contributed by atoms with Gasteiger partial charge in [0.2, 0.25) is 11.8 Å². The lowest BCUT2D eigenvalue weighted by atomic mass is 10.1. The van der Waals surface area contributed by atoms with Gasteiger partial charge in [-0.1, -0.05) is 11.6 Å². The highest BCUT2D eigenvalue weighted by Gasteiger charge is 2.36. The Morgan fingerprint density at radius 3 is 2.80 bits per heavy atom. The fourth-order valence-electron chi connectivity index (χ4n) is 3.65. The van der Waals surface area contributed by atoms with Crippen LogP contribution in [-0.2, 0) is 29.5 Å². The van der Waals surface area contributed by atoms with E-state index in [9.17, 15) is 9.59 Å². The number of nitrogens with zero attached hydrogens (tertiary/aromatic N) is 3. The van der Waals surface area contributed by atoms with Crippen LogP contribution >= 0.6 is 11.6 Å². The summed E-state index contributed by atoms with van der Waals surface area (Å²) in [5.41, 5.74) is 2.98. The first-order valence-electron chi connectivity index (χ1n) is 8.44. The standard InChI is InChI=1S/C18H19ClN4O2/c1-22-17(14-3-2-4-15(14)21-22)20-18(25)11-9-16(24)23(10-11)13-7-5-12(19)6-8-13/h5-8,11H,2-4,9-10H2,1H3,(H,20,25). The van der Waals surface area contributed by atoms with Gasteiger partial charge in [-0.05, 0) is 43.5 Å². The molecule has 1 fully saturated rings. The van der Waals surface area contributed by atoms with Gasteiger partial charge in [0, 0.05) is 36.3 Å². The maximum Gasteiger partial charge on any atom is 0.230 e. The minimum absolute atomic E-state index is 0.0438. The summed E-state index contributed by atoms with van der Waals surface area (Å²) in [4.78, 5) is 26.7. The molecule has 0 saturated carbocycles. The van der Waals surface area contributed by atoms with E-state index in [0.29, 0.717) is 11.6 Å². The lowest BCUT2D eigenvalue weighted by Crippen LogP contribution is -2.28. The number of fused-ring (bicyclic) bond motifs is 1. The molecule has 1 unspecified atom stereocenters. The van der Waals surface area contributed by atoms with Crippen molar-refractivity contribution in [2.75, 3.05) is 16.8 Å². The number of carbonyl (C=O) groups is 2. The second-order valence-corrected chi connectivity index (χ2v) is 7.06. The quantitative estimate of drug-likeness (QED) is 0.916. The van der Waals surface area contributed by atoms with Crippen molar-refractivity contribution in [3.05, 3.63) is 40.5 Å². The van der Waals surface area contributed by atoms with E-state index in [-0.39, 0.29) is 24.2 Å². The molecule has 0 bridgehead atoms. The molecule has 1 aromatic carbocycles. The van der Waals surface area contributed by atoms with Crippen LogP contribution in [0.3, 0.4) is 0 Å². The maximum absolute atomic E-state index is 12.7. The molecule has 0 spiro atoms. The molecule has 2 aliphatic rings. The summed E-state index contributed by atoms with van der Waals surface area (Å²) in [7, 11) is 1.84. The largest absolute Gasteiger partial charge is 0.312 e. The zero-order valence-electron chi connectivity index (χ0n) is 14.0. The predicted molar refractivity (Wildman–Crippen MR) is 95.8 cm³/mol. The van der Waals surface area contributed by atoms with E-state index in [1.807, 2.05) is 7.05 Å². The minimum atomic E-state index is -0.366. The van der Waals surface area contributed by atoms with E-state index < -0.39 is 0 Å². The number of aryl methyl sites for hydroxylation is 2. The number of benzene rings is 1. The molecule has 130 valence electrons. The van der Waals surface area contributed by atoms with Gasteiger partial charge >= 0.3 is 0 Å². The Bertz CT molecular complexity index is 844. The molecule has 1 N–H and O–H groups in total. The van der Waals surface area contributed by atoms with Gasteiger partial charge in [-0.3, -0.25) is 14.3 Å². The van der Waals surface area contributed by atoms with Crippen LogP contribution in [0.25, 0.3) is 0 Å². The van der Waals surface area contributed by atoms with Crippen LogP contribution < -0.4 is 10.2 Å². The van der Waals surface area contributed by atoms with Crippen LogP contribution in [0.2, 0.25) is 5.02 Å². The van der Waals surface area contributed by atoms with Crippen LogP contribution in [0.5, 0.6) is 0 Å². The highest BCUT2D eigenvalue weighted by molar-refractivity contribution is 6.30. The van der Waals surface area contributed by atoms with Gasteiger partial charge in [0.1, 0.15) is 5.82 Å². The normalized spacial score (nSPS) is 19.4. The zero-order valence-corrected chi connectivity index (χ0v) is 14.7. The number of hydrogen-bond acceptors (Lipinski definition) is 3. The Hall–Kier alpha value is -2.34. The molecule has 1 aliphatic heterocycles. The van der Waals surface area contributed by atoms with E-state index in [4.69, 9.17) is 11.6 Å². The number of carbonyl (C=O) groups excluding carboxylic acids is 2. The first kappa shape index (κ1) is 16.1. The Balaban J connectivity index is 1.49. The molecule has 2 amide bonds. The molecular formula is C18H19ClN4O2. The summed E-state index contributed by atoms with van der Waals surface area (Å²) >= 11 is 5.90. The van der Waals surface area contributed by atoms with Crippen LogP contribution in [-0.4, -0.2) is 28.1 Å². The highest BCUT2D eigenvalue weighted by atomic mass is 35.5. The van der Waals surface area contributed by atoms with Crippen LogP contribution in [0.4, 0.5) is 11.5 Å². The molecule has 25 heavy (non-hydrogen) atoms. The summed E-state index contributed by atoms with van der Waals surface area (Å²) in [5.74, 6) is 0.241. The third-order valence-corrected chi connectivity index (χ3v) is 5.20. The summed E-state index contributed by atoms with van der Waals surface area (Å²) in [5, 5.41) is 8.08. The first-order valence-corrected chi connectivity index (χ1v) is 8.82. The molecule has 6 nitrogen and oxygen atoms in total. The highest BCUT2D eigenvalue weighted by Crippen LogP contribution is 2.30. The van der Waals surface area contributed by atoms with Crippen molar-refractivity contribution in [1.82, 2.24) is 9.78 Å². The van der Waals surface area contributed by atoms with Crippen molar-refractivity contribution < 1.29 is 9.59 Å². The van der Waals surface area contributed by atoms with Crippen LogP contribution in [0.15, 0.2) is 24.3 Å². The Labute approximate surface area is 150 Å². The van der Waals surface area contributed by atoms with Gasteiger partial charge in [-0.2, -0.15) is 5.10 Å². The molecule has 1 saturated heterocycles. The van der Waals surface area contributed by atoms with Gasteiger partial charge in [0.05, 0.1) is 11.6 Å². The Kier molecular flexibility index (Phi) is 4.00. The smallest absolute Gasteiger partial charge is 0.230 e. The van der Waals surface area contributed by atoms with Crippen LogP contribution in [0.1, 0.15) is 24.1 Å². The average molecular weight is 359 g/mol. The monoisotopic (exact) mass is 358 g/mol. The van der Waals surface area contributed by atoms with Gasteiger partial charge in [-0.25, -0.2) is 0 Å². The third kappa shape index (κ3) is 2.91. The summed E-state index contributed by atoms with van der Waals surface area (Å²) in [6.07, 6.45) is 3.20. The fourth-order valence-corrected chi connectivity index (χ4v) is 3.77. The predicted octanol–water partition coefficient (Wildman–Crippen LogP) is 2.55. The first-order chi connectivity index (χ1) is 12.0. The third-order valence-electron chi connectivity index (χ3n) is 4.94. The lowest BCUT2D eigenvalue weighted by molar-refractivity contribution is -0.122. The molecule has 0 radical (unpaired) electrons. The molecule has 1 aliphatic carbocycles. The molecule has 1 aromatic heterocycles. The van der Waals surface area contributed by atoms with Crippen molar-refractivity contribution in [3.63, 3.8) is 0 Å². The van der Waals surface area contributed by atoms with E-state index in [2.05, 4.69) is 10.4 Å². The second-order valence-electron chi connectivity index (χ2n) is 6.62. The lowest BCUT2D eigenvalue weighted by Gasteiger charge is -2.17. The Morgan fingerprint density at radius 2 is 2.04 bits per heavy atom. The van der Waals surface area contributed by atoms with Gasteiger partial charge < -0.3 is 10.2 Å². The summed E-state index contributed by atoms with van der Waals surface area (Å²) in [6.45, 7) is 0.381. The van der Waals surface area contributed by atoms with Crippen LogP contribution in [0, 0.1) is 5.92 Å². The number of aromatic nitrogens is 2. The van der Waals surface area contributed by atoms with Gasteiger partial charge in [-0.15, -0.1) is 0 Å². The molecule has 7 heteroatoms. The second kappa shape index (κ2) is 6.19. The van der Waals surface area contributed by atoms with Crippen molar-refractivity contribution in [1.29, 1.82) is 0 Å². The van der Waals surface area contributed by atoms with Crippen molar-refractivity contribution in [3.8, 4) is 0 Å². The van der Waals surface area contributed by atoms with E-state index >= 15 is 0 Å². The zero-order chi connectivity index (χ0) is 17.6. The summed E-state index contributed by atoms with van der Waals surface area (Å²) < 4.78 is 1.73. The summed E-state index contributed by atoms with van der Waals surface area (Å²) in [6, 6.07) is 7.09. The number of anilines is 2. The van der Waals surface area contributed by atoms with E-state index in [0.717, 1.165) is 42.0 Å². The fraction of sp³-hybridized carbons (Fsp3) is 0.389. The average Bonchev–Trinajstić information content (AvgIpc) is 3.26. The number of halogens is 1. The Morgan fingerprint density at radius 1 is 1.28 bits per heavy atom.